The fraction of sp³-hybridized carbons (Fsp3) is 0.357. The normalized spacial score (nSPS) is 12.8. The van der Waals surface area contributed by atoms with Gasteiger partial charge in [0.25, 0.3) is 5.69 Å². The fourth-order valence-electron chi connectivity index (χ4n) is 2.00. The van der Waals surface area contributed by atoms with Gasteiger partial charge in [-0.25, -0.2) is 0 Å². The fourth-order valence-corrected chi connectivity index (χ4v) is 2.00. The minimum Gasteiger partial charge on any atom is -0.393 e. The number of pyridine rings is 1. The van der Waals surface area contributed by atoms with E-state index in [1.54, 1.807) is 24.4 Å². The van der Waals surface area contributed by atoms with Crippen LogP contribution >= 0.6 is 0 Å². The average molecular weight is 260 g/mol. The third kappa shape index (κ3) is 2.71. The van der Waals surface area contributed by atoms with Crippen molar-refractivity contribution in [3.63, 3.8) is 0 Å². The van der Waals surface area contributed by atoms with E-state index >= 15 is 0 Å². The predicted molar refractivity (Wildman–Crippen MR) is 72.9 cm³/mol. The van der Waals surface area contributed by atoms with Crippen molar-refractivity contribution in [2.45, 2.75) is 26.4 Å². The number of nitro groups is 1. The van der Waals surface area contributed by atoms with Crippen LogP contribution in [0.15, 0.2) is 30.5 Å². The lowest BCUT2D eigenvalue weighted by molar-refractivity contribution is -0.383. The molecule has 0 aliphatic rings. The molecule has 0 aliphatic carbocycles. The van der Waals surface area contributed by atoms with Crippen LogP contribution < -0.4 is 0 Å². The lowest BCUT2D eigenvalue weighted by Crippen LogP contribution is -2.18. The highest BCUT2D eigenvalue weighted by molar-refractivity contribution is 5.90. The van der Waals surface area contributed by atoms with E-state index in [1.807, 2.05) is 13.8 Å². The van der Waals surface area contributed by atoms with Crippen LogP contribution in [0.2, 0.25) is 0 Å². The number of benzene rings is 1. The highest BCUT2D eigenvalue weighted by atomic mass is 16.6. The highest BCUT2D eigenvalue weighted by Crippen LogP contribution is 2.27. The van der Waals surface area contributed by atoms with E-state index in [9.17, 15) is 15.2 Å². The monoisotopic (exact) mass is 260 g/mol. The van der Waals surface area contributed by atoms with Gasteiger partial charge in [-0.05, 0) is 29.7 Å². The minimum atomic E-state index is -0.480. The van der Waals surface area contributed by atoms with Crippen molar-refractivity contribution in [2.75, 3.05) is 0 Å². The lowest BCUT2D eigenvalue weighted by atomic mass is 9.97. The Hall–Kier alpha value is -2.01. The molecule has 1 aromatic carbocycles. The molecule has 0 saturated carbocycles. The molecule has 0 spiro atoms. The predicted octanol–water partition coefficient (Wildman–Crippen LogP) is 2.70. The molecule has 0 aliphatic heterocycles. The number of rotatable bonds is 4. The van der Waals surface area contributed by atoms with Crippen LogP contribution in [0.1, 0.15) is 19.4 Å². The van der Waals surface area contributed by atoms with Gasteiger partial charge >= 0.3 is 0 Å². The van der Waals surface area contributed by atoms with Gasteiger partial charge in [-0.2, -0.15) is 0 Å². The SMILES string of the molecule is CC(C)C(O)Cc1ccc([N+](=O)[O-])c2cccnc12. The van der Waals surface area contributed by atoms with Crippen molar-refractivity contribution in [1.29, 1.82) is 0 Å². The molecule has 0 radical (unpaired) electrons. The summed E-state index contributed by atoms with van der Waals surface area (Å²) >= 11 is 0. The van der Waals surface area contributed by atoms with Gasteiger partial charge in [0.05, 0.1) is 21.9 Å². The molecule has 1 N–H and O–H groups in total. The molecule has 2 aromatic rings. The number of fused-ring (bicyclic) bond motifs is 1. The van der Waals surface area contributed by atoms with Gasteiger partial charge in [0.1, 0.15) is 0 Å². The minimum absolute atomic E-state index is 0.0471. The van der Waals surface area contributed by atoms with Crippen molar-refractivity contribution in [3.05, 3.63) is 46.1 Å². The second-order valence-corrected chi connectivity index (χ2v) is 4.92. The summed E-state index contributed by atoms with van der Waals surface area (Å²) in [6, 6.07) is 6.52. The van der Waals surface area contributed by atoms with Gasteiger partial charge in [0.2, 0.25) is 0 Å². The summed E-state index contributed by atoms with van der Waals surface area (Å²) in [4.78, 5) is 14.8. The summed E-state index contributed by atoms with van der Waals surface area (Å²) in [7, 11) is 0. The van der Waals surface area contributed by atoms with Gasteiger partial charge in [0, 0.05) is 18.7 Å². The van der Waals surface area contributed by atoms with Gasteiger partial charge in [-0.15, -0.1) is 0 Å². The number of non-ortho nitro benzene ring substituents is 1. The van der Waals surface area contributed by atoms with E-state index in [2.05, 4.69) is 4.98 Å². The second kappa shape index (κ2) is 5.32. The Morgan fingerprint density at radius 2 is 2.11 bits per heavy atom. The first-order valence-electron chi connectivity index (χ1n) is 6.19. The van der Waals surface area contributed by atoms with Crippen LogP contribution in [-0.2, 0) is 6.42 Å². The first-order chi connectivity index (χ1) is 9.00. The Morgan fingerprint density at radius 1 is 1.37 bits per heavy atom. The van der Waals surface area contributed by atoms with E-state index in [4.69, 9.17) is 0 Å². The van der Waals surface area contributed by atoms with Crippen LogP contribution in [0.4, 0.5) is 5.69 Å². The van der Waals surface area contributed by atoms with Gasteiger partial charge in [-0.3, -0.25) is 15.1 Å². The van der Waals surface area contributed by atoms with E-state index in [-0.39, 0.29) is 11.6 Å². The third-order valence-corrected chi connectivity index (χ3v) is 3.23. The zero-order valence-corrected chi connectivity index (χ0v) is 10.9. The number of hydrogen-bond acceptors (Lipinski definition) is 4. The lowest BCUT2D eigenvalue weighted by Gasteiger charge is -2.15. The Bertz CT molecular complexity index is 611. The molecular weight excluding hydrogens is 244 g/mol. The summed E-state index contributed by atoms with van der Waals surface area (Å²) in [5.74, 6) is 0.133. The molecule has 19 heavy (non-hydrogen) atoms. The summed E-state index contributed by atoms with van der Waals surface area (Å²) in [5.41, 5.74) is 1.48. The number of aliphatic hydroxyl groups excluding tert-OH is 1. The topological polar surface area (TPSA) is 76.3 Å². The molecular formula is C14H16N2O3. The van der Waals surface area contributed by atoms with Gasteiger partial charge in [-0.1, -0.05) is 13.8 Å². The molecule has 0 fully saturated rings. The zero-order valence-electron chi connectivity index (χ0n) is 10.9. The average Bonchev–Trinajstić information content (AvgIpc) is 2.38. The summed E-state index contributed by atoms with van der Waals surface area (Å²) in [5, 5.41) is 21.5. The molecule has 5 nitrogen and oxygen atoms in total. The van der Waals surface area contributed by atoms with E-state index in [1.165, 1.54) is 6.07 Å². The molecule has 1 aromatic heterocycles. The van der Waals surface area contributed by atoms with Crippen LogP contribution in [0.25, 0.3) is 10.9 Å². The first-order valence-corrected chi connectivity index (χ1v) is 6.19. The Labute approximate surface area is 111 Å². The molecule has 1 atom stereocenters. The number of aromatic nitrogens is 1. The number of hydrogen-bond donors (Lipinski definition) is 1. The van der Waals surface area contributed by atoms with Crippen LogP contribution in [-0.4, -0.2) is 21.1 Å². The van der Waals surface area contributed by atoms with Gasteiger partial charge in [0.15, 0.2) is 0 Å². The second-order valence-electron chi connectivity index (χ2n) is 4.92. The summed E-state index contributed by atoms with van der Waals surface area (Å²) in [6.07, 6.45) is 1.58. The Kier molecular flexibility index (Phi) is 3.76. The largest absolute Gasteiger partial charge is 0.393 e. The molecule has 0 amide bonds. The smallest absolute Gasteiger partial charge is 0.278 e. The van der Waals surface area contributed by atoms with Crippen molar-refractivity contribution in [1.82, 2.24) is 4.98 Å². The number of aliphatic hydroxyl groups is 1. The van der Waals surface area contributed by atoms with Crippen LogP contribution in [0.5, 0.6) is 0 Å². The highest BCUT2D eigenvalue weighted by Gasteiger charge is 2.17. The van der Waals surface area contributed by atoms with Crippen LogP contribution in [0, 0.1) is 16.0 Å². The van der Waals surface area contributed by atoms with Crippen molar-refractivity contribution in [3.8, 4) is 0 Å². The quantitative estimate of drug-likeness (QED) is 0.677. The molecule has 1 unspecified atom stereocenters. The van der Waals surface area contributed by atoms with Crippen molar-refractivity contribution < 1.29 is 10.0 Å². The maximum atomic E-state index is 11.0. The Balaban J connectivity index is 2.53. The molecule has 1 heterocycles. The maximum Gasteiger partial charge on any atom is 0.278 e. The summed E-state index contributed by atoms with van der Waals surface area (Å²) in [6.45, 7) is 3.87. The van der Waals surface area contributed by atoms with E-state index in [0.717, 1.165) is 5.56 Å². The standard InChI is InChI=1S/C14H16N2O3/c1-9(2)13(17)8-10-5-6-12(16(18)19)11-4-3-7-15-14(10)11/h3-7,9,13,17H,8H2,1-2H3. The number of nitrogens with zero attached hydrogens (tertiary/aromatic N) is 2. The molecule has 2 rings (SSSR count). The maximum absolute atomic E-state index is 11.0. The van der Waals surface area contributed by atoms with Crippen molar-refractivity contribution >= 4 is 16.6 Å². The molecule has 5 heteroatoms. The van der Waals surface area contributed by atoms with Gasteiger partial charge < -0.3 is 5.11 Å². The van der Waals surface area contributed by atoms with E-state index in [0.29, 0.717) is 17.3 Å². The molecule has 0 bridgehead atoms. The van der Waals surface area contributed by atoms with Crippen molar-refractivity contribution in [2.24, 2.45) is 5.92 Å². The van der Waals surface area contributed by atoms with E-state index < -0.39 is 11.0 Å². The summed E-state index contributed by atoms with van der Waals surface area (Å²) < 4.78 is 0. The Morgan fingerprint density at radius 3 is 2.74 bits per heavy atom. The number of nitro benzene ring substituents is 1. The first kappa shape index (κ1) is 13.4. The molecule has 0 saturated heterocycles. The zero-order chi connectivity index (χ0) is 14.0. The molecule has 100 valence electrons. The third-order valence-electron chi connectivity index (χ3n) is 3.23. The van der Waals surface area contributed by atoms with Crippen LogP contribution in [0.3, 0.4) is 0 Å².